The molecule has 0 unspecified atom stereocenters. The zero-order valence-corrected chi connectivity index (χ0v) is 17.0. The number of rotatable bonds is 6. The largest absolute Gasteiger partial charge is 0.486 e. The van der Waals surface area contributed by atoms with Crippen LogP contribution in [0.15, 0.2) is 29.1 Å². The SMILES string of the molecule is O=C(NCc1cc2cc(Cl)c(OCc3cscn3)cc2[nH]1)C1CC2(CCC2)C1. The summed E-state index contributed by atoms with van der Waals surface area (Å²) in [5, 5.41) is 6.61. The fraction of sp³-hybridized carbons (Fsp3) is 0.429. The molecule has 28 heavy (non-hydrogen) atoms. The van der Waals surface area contributed by atoms with E-state index in [4.69, 9.17) is 16.3 Å². The van der Waals surface area contributed by atoms with Gasteiger partial charge in [-0.2, -0.15) is 0 Å². The number of nitrogens with one attached hydrogen (secondary N) is 2. The Bertz CT molecular complexity index is 1000. The number of carbonyl (C=O) groups excluding carboxylic acids is 1. The molecule has 3 aromatic rings. The molecule has 146 valence electrons. The van der Waals surface area contributed by atoms with E-state index in [1.165, 1.54) is 30.6 Å². The Kier molecular flexibility index (Phi) is 4.56. The van der Waals surface area contributed by atoms with Crippen LogP contribution in [0, 0.1) is 11.3 Å². The number of aromatic amines is 1. The third kappa shape index (κ3) is 3.40. The first-order valence-electron chi connectivity index (χ1n) is 9.69. The van der Waals surface area contributed by atoms with Crippen molar-refractivity contribution in [3.63, 3.8) is 0 Å². The number of hydrogen-bond acceptors (Lipinski definition) is 4. The molecule has 0 aliphatic heterocycles. The highest BCUT2D eigenvalue weighted by Crippen LogP contribution is 2.58. The van der Waals surface area contributed by atoms with Crippen molar-refractivity contribution in [2.45, 2.75) is 45.3 Å². The van der Waals surface area contributed by atoms with Crippen molar-refractivity contribution >= 4 is 39.7 Å². The summed E-state index contributed by atoms with van der Waals surface area (Å²) in [5.74, 6) is 1.01. The number of hydrogen-bond donors (Lipinski definition) is 2. The Hall–Kier alpha value is -2.05. The van der Waals surface area contributed by atoms with E-state index >= 15 is 0 Å². The van der Waals surface area contributed by atoms with Gasteiger partial charge < -0.3 is 15.0 Å². The van der Waals surface area contributed by atoms with Crippen LogP contribution < -0.4 is 10.1 Å². The zero-order valence-electron chi connectivity index (χ0n) is 15.5. The highest BCUT2D eigenvalue weighted by atomic mass is 35.5. The van der Waals surface area contributed by atoms with Gasteiger partial charge in [-0.1, -0.05) is 18.0 Å². The molecule has 2 aliphatic carbocycles. The van der Waals surface area contributed by atoms with Gasteiger partial charge in [0.25, 0.3) is 0 Å². The highest BCUT2D eigenvalue weighted by Gasteiger charge is 2.50. The van der Waals surface area contributed by atoms with Gasteiger partial charge >= 0.3 is 0 Å². The molecule has 2 fully saturated rings. The molecule has 5 nitrogen and oxygen atoms in total. The van der Waals surface area contributed by atoms with Gasteiger partial charge in [-0.25, -0.2) is 4.98 Å². The van der Waals surface area contributed by atoms with Crippen molar-refractivity contribution in [1.29, 1.82) is 0 Å². The standard InChI is InChI=1S/C21H22ClN3O2S/c22-17-5-13-4-15(9-23-20(26)14-7-21(8-14)2-1-3-21)25-18(13)6-19(17)27-10-16-11-28-12-24-16/h4-6,11-12,14,25H,1-3,7-10H2,(H,23,26). The minimum Gasteiger partial charge on any atom is -0.486 e. The first kappa shape index (κ1) is 18.0. The topological polar surface area (TPSA) is 67.0 Å². The maximum atomic E-state index is 12.4. The lowest BCUT2D eigenvalue weighted by Gasteiger charge is -2.53. The summed E-state index contributed by atoms with van der Waals surface area (Å²) in [6, 6.07) is 5.82. The van der Waals surface area contributed by atoms with Crippen molar-refractivity contribution in [3.8, 4) is 5.75 Å². The van der Waals surface area contributed by atoms with E-state index in [0.717, 1.165) is 35.1 Å². The number of ether oxygens (including phenoxy) is 1. The van der Waals surface area contributed by atoms with Crippen LogP contribution in [-0.2, 0) is 17.9 Å². The molecule has 0 bridgehead atoms. The molecule has 1 amide bonds. The monoisotopic (exact) mass is 415 g/mol. The fourth-order valence-corrected chi connectivity index (χ4v) is 5.21. The Balaban J connectivity index is 1.21. The zero-order chi connectivity index (χ0) is 19.1. The van der Waals surface area contributed by atoms with Crippen LogP contribution in [0.2, 0.25) is 5.02 Å². The van der Waals surface area contributed by atoms with E-state index < -0.39 is 0 Å². The van der Waals surface area contributed by atoms with Gasteiger partial charge in [0.05, 0.1) is 22.8 Å². The quantitative estimate of drug-likeness (QED) is 0.591. The Morgan fingerprint density at radius 2 is 2.21 bits per heavy atom. The summed E-state index contributed by atoms with van der Waals surface area (Å²) in [4.78, 5) is 19.9. The molecule has 0 atom stereocenters. The molecule has 5 rings (SSSR count). The molecular formula is C21H22ClN3O2S. The lowest BCUT2D eigenvalue weighted by Crippen LogP contribution is -2.48. The molecule has 0 radical (unpaired) electrons. The molecular weight excluding hydrogens is 394 g/mol. The predicted octanol–water partition coefficient (Wildman–Crippen LogP) is 5.05. The number of halogens is 1. The maximum absolute atomic E-state index is 12.4. The van der Waals surface area contributed by atoms with Crippen molar-refractivity contribution < 1.29 is 9.53 Å². The molecule has 2 saturated carbocycles. The van der Waals surface area contributed by atoms with Crippen LogP contribution >= 0.6 is 22.9 Å². The van der Waals surface area contributed by atoms with Gasteiger partial charge in [0.15, 0.2) is 0 Å². The van der Waals surface area contributed by atoms with Gasteiger partial charge in [0.1, 0.15) is 12.4 Å². The number of aromatic nitrogens is 2. The molecule has 1 spiro atoms. The number of nitrogens with zero attached hydrogens (tertiary/aromatic N) is 1. The van der Waals surface area contributed by atoms with E-state index in [2.05, 4.69) is 15.3 Å². The van der Waals surface area contributed by atoms with Crippen molar-refractivity contribution in [2.75, 3.05) is 0 Å². The van der Waals surface area contributed by atoms with Gasteiger partial charge in [0.2, 0.25) is 5.91 Å². The maximum Gasteiger partial charge on any atom is 0.223 e. The van der Waals surface area contributed by atoms with Crippen LogP contribution in [0.3, 0.4) is 0 Å². The molecule has 2 N–H and O–H groups in total. The van der Waals surface area contributed by atoms with Crippen LogP contribution in [0.1, 0.15) is 43.5 Å². The third-order valence-electron chi connectivity index (χ3n) is 6.18. The summed E-state index contributed by atoms with van der Waals surface area (Å²) >= 11 is 7.91. The number of benzene rings is 1. The highest BCUT2D eigenvalue weighted by molar-refractivity contribution is 7.07. The third-order valence-corrected chi connectivity index (χ3v) is 7.12. The molecule has 1 aromatic carbocycles. The van der Waals surface area contributed by atoms with Crippen LogP contribution in [-0.4, -0.2) is 15.9 Å². The lowest BCUT2D eigenvalue weighted by molar-refractivity contribution is -0.137. The van der Waals surface area contributed by atoms with Gasteiger partial charge in [-0.05, 0) is 43.2 Å². The average Bonchev–Trinajstić information content (AvgIpc) is 3.24. The first-order chi connectivity index (χ1) is 13.6. The van der Waals surface area contributed by atoms with E-state index in [9.17, 15) is 4.79 Å². The van der Waals surface area contributed by atoms with Gasteiger partial charge in [0, 0.05) is 34.0 Å². The summed E-state index contributed by atoms with van der Waals surface area (Å²) in [7, 11) is 0. The molecule has 7 heteroatoms. The van der Waals surface area contributed by atoms with Gasteiger partial charge in [-0.3, -0.25) is 4.79 Å². The second kappa shape index (κ2) is 7.08. The van der Waals surface area contributed by atoms with E-state index in [1.807, 2.05) is 23.6 Å². The van der Waals surface area contributed by atoms with Crippen LogP contribution in [0.5, 0.6) is 5.75 Å². The number of thiazole rings is 1. The minimum atomic E-state index is 0.182. The molecule has 2 aromatic heterocycles. The summed E-state index contributed by atoms with van der Waals surface area (Å²) in [5.41, 5.74) is 5.10. The molecule has 2 aliphatic rings. The number of fused-ring (bicyclic) bond motifs is 1. The molecule has 0 saturated heterocycles. The second-order valence-corrected chi connectivity index (χ2v) is 9.24. The number of amides is 1. The number of carbonyl (C=O) groups is 1. The second-order valence-electron chi connectivity index (χ2n) is 8.11. The smallest absolute Gasteiger partial charge is 0.223 e. The summed E-state index contributed by atoms with van der Waals surface area (Å²) in [6.45, 7) is 0.894. The predicted molar refractivity (Wildman–Crippen MR) is 111 cm³/mol. The van der Waals surface area contributed by atoms with Crippen molar-refractivity contribution in [2.24, 2.45) is 11.3 Å². The van der Waals surface area contributed by atoms with Gasteiger partial charge in [-0.15, -0.1) is 11.3 Å². The van der Waals surface area contributed by atoms with Crippen LogP contribution in [0.4, 0.5) is 0 Å². The summed E-state index contributed by atoms with van der Waals surface area (Å²) in [6.07, 6.45) is 6.10. The fourth-order valence-electron chi connectivity index (χ4n) is 4.44. The Morgan fingerprint density at radius 1 is 1.36 bits per heavy atom. The first-order valence-corrected chi connectivity index (χ1v) is 11.0. The van der Waals surface area contributed by atoms with E-state index in [-0.39, 0.29) is 11.8 Å². The van der Waals surface area contributed by atoms with E-state index in [0.29, 0.717) is 29.3 Å². The number of H-pyrrole nitrogens is 1. The lowest BCUT2D eigenvalue weighted by atomic mass is 9.51. The minimum absolute atomic E-state index is 0.182. The average molecular weight is 416 g/mol. The Morgan fingerprint density at radius 3 is 2.93 bits per heavy atom. The van der Waals surface area contributed by atoms with Crippen molar-refractivity contribution in [3.05, 3.63) is 45.5 Å². The summed E-state index contributed by atoms with van der Waals surface area (Å²) < 4.78 is 5.81. The normalized spacial score (nSPS) is 18.0. The molecule has 2 heterocycles. The Labute approximate surface area is 172 Å². The van der Waals surface area contributed by atoms with Crippen molar-refractivity contribution in [1.82, 2.24) is 15.3 Å². The van der Waals surface area contributed by atoms with Crippen LogP contribution in [0.25, 0.3) is 10.9 Å². The van der Waals surface area contributed by atoms with E-state index in [1.54, 1.807) is 5.51 Å².